The third-order valence-corrected chi connectivity index (χ3v) is 13.9. The molecule has 3 fully saturated rings. The van der Waals surface area contributed by atoms with Crippen molar-refractivity contribution in [3.63, 3.8) is 0 Å². The Labute approximate surface area is 325 Å². The lowest BCUT2D eigenvalue weighted by atomic mass is 9.71. The summed E-state index contributed by atoms with van der Waals surface area (Å²) in [6.07, 6.45) is 5.54. The first kappa shape index (κ1) is 39.5. The van der Waals surface area contributed by atoms with E-state index in [1.807, 2.05) is 18.2 Å². The third kappa shape index (κ3) is 6.39. The van der Waals surface area contributed by atoms with Gasteiger partial charge in [0.15, 0.2) is 5.79 Å². The van der Waals surface area contributed by atoms with Gasteiger partial charge in [0.2, 0.25) is 5.89 Å². The Morgan fingerprint density at radius 1 is 1.02 bits per heavy atom. The van der Waals surface area contributed by atoms with Gasteiger partial charge in [-0.25, -0.2) is 19.1 Å². The Balaban J connectivity index is 1.41. The summed E-state index contributed by atoms with van der Waals surface area (Å²) in [7, 11) is 1.56. The molecule has 1 spiro atoms. The highest BCUT2D eigenvalue weighted by molar-refractivity contribution is 7.22. The van der Waals surface area contributed by atoms with Gasteiger partial charge in [-0.1, -0.05) is 45.9 Å². The molecule has 7 rings (SSSR count). The summed E-state index contributed by atoms with van der Waals surface area (Å²) in [5.74, 6) is -1.01. The van der Waals surface area contributed by atoms with Crippen LogP contribution in [0.15, 0.2) is 50.7 Å². The summed E-state index contributed by atoms with van der Waals surface area (Å²) in [5, 5.41) is 13.8. The van der Waals surface area contributed by atoms with Crippen molar-refractivity contribution in [1.29, 1.82) is 0 Å². The Kier molecular flexibility index (Phi) is 9.23. The van der Waals surface area contributed by atoms with Crippen molar-refractivity contribution in [2.24, 2.45) is 22.2 Å². The van der Waals surface area contributed by atoms with Crippen LogP contribution in [0, 0.1) is 29.1 Å². The van der Waals surface area contributed by atoms with Crippen molar-refractivity contribution in [3.05, 3.63) is 68.7 Å². The maximum absolute atomic E-state index is 15.1. The fourth-order valence-corrected chi connectivity index (χ4v) is 10.7. The molecule has 2 aliphatic carbocycles. The molecule has 55 heavy (non-hydrogen) atoms. The quantitative estimate of drug-likeness (QED) is 0.183. The second-order valence-electron chi connectivity index (χ2n) is 19.0. The summed E-state index contributed by atoms with van der Waals surface area (Å²) < 4.78 is 32.8. The summed E-state index contributed by atoms with van der Waals surface area (Å²) in [4.78, 5) is 48.8. The monoisotopic (exact) mass is 777 g/mol. The lowest BCUT2D eigenvalue weighted by Gasteiger charge is -2.43. The number of esters is 1. The zero-order valence-corrected chi connectivity index (χ0v) is 34.8. The highest BCUT2D eigenvalue weighted by Crippen LogP contribution is 2.70. The molecule has 1 N–H and O–H groups in total. The van der Waals surface area contributed by atoms with E-state index in [2.05, 4.69) is 32.7 Å². The number of oxazole rings is 1. The molecule has 1 aliphatic heterocycles. The van der Waals surface area contributed by atoms with Crippen LogP contribution in [0.5, 0.6) is 5.75 Å². The third-order valence-electron chi connectivity index (χ3n) is 12.6. The number of ether oxygens (including phenoxy) is 4. The van der Waals surface area contributed by atoms with Crippen LogP contribution >= 0.6 is 11.3 Å². The molecule has 3 aliphatic rings. The van der Waals surface area contributed by atoms with Gasteiger partial charge in [-0.2, -0.15) is 0 Å². The van der Waals surface area contributed by atoms with Gasteiger partial charge < -0.3 is 28.5 Å². The van der Waals surface area contributed by atoms with Crippen LogP contribution in [0.4, 0.5) is 0 Å². The van der Waals surface area contributed by atoms with E-state index in [9.17, 15) is 14.7 Å². The molecule has 0 radical (unpaired) electrons. The normalized spacial score (nSPS) is 25.9. The van der Waals surface area contributed by atoms with Crippen LogP contribution < -0.4 is 16.0 Å². The first-order valence-corrected chi connectivity index (χ1v) is 19.9. The van der Waals surface area contributed by atoms with E-state index in [1.54, 1.807) is 40.9 Å². The van der Waals surface area contributed by atoms with Crippen LogP contribution in [-0.4, -0.2) is 56.9 Å². The summed E-state index contributed by atoms with van der Waals surface area (Å²) >= 11 is 1.19. The van der Waals surface area contributed by atoms with Crippen molar-refractivity contribution in [2.45, 2.75) is 124 Å². The number of hydrogen-bond acceptors (Lipinski definition) is 11. The number of thiophene rings is 1. The molecule has 2 unspecified atom stereocenters. The second kappa shape index (κ2) is 12.9. The number of carbonyl (C=O) groups is 1. The van der Waals surface area contributed by atoms with Crippen LogP contribution in [0.1, 0.15) is 99.1 Å². The number of fused-ring (bicyclic) bond motifs is 2. The minimum absolute atomic E-state index is 0.0719. The molecule has 0 amide bonds. The second-order valence-corrected chi connectivity index (χ2v) is 20.0. The molecule has 4 heterocycles. The predicted octanol–water partition coefficient (Wildman–Crippen LogP) is 7.15. The van der Waals surface area contributed by atoms with Crippen molar-refractivity contribution >= 4 is 27.5 Å². The number of aromatic nitrogens is 3. The minimum Gasteiger partial charge on any atom is -0.496 e. The van der Waals surface area contributed by atoms with E-state index in [4.69, 9.17) is 23.4 Å². The van der Waals surface area contributed by atoms with E-state index in [0.717, 1.165) is 4.57 Å². The van der Waals surface area contributed by atoms with Gasteiger partial charge in [0.05, 0.1) is 43.3 Å². The Morgan fingerprint density at radius 3 is 2.20 bits per heavy atom. The lowest BCUT2D eigenvalue weighted by molar-refractivity contribution is -0.300. The SMILES string of the molecule is COc1ccccc1C(O)(Cn1c(=O)n(C(C)(C)C(=O)OC(C)(C)C)c(=O)c2c(C)c(-c3ncco3)sc21)C1C[C@@]2(C)CC3(C[C@@]2(C)C1)OCC(C)(C)CO3. The lowest BCUT2D eigenvalue weighted by Crippen LogP contribution is -2.55. The predicted molar refractivity (Wildman–Crippen MR) is 209 cm³/mol. The standard InChI is InChI=1S/C42H55N3O9S/c1-25-29-32(46)45(38(7,8)34(47)54-36(2,3)4)35(48)44(33(29)55-30(25)31-43-16-17-51-31)22-42(49,27-14-12-13-15-28(27)50-11)26-18-39(9)20-41(21-40(39,10)19-26)52-23-37(5,6)24-53-41/h12-17,26,49H,18-24H2,1-11H3/t26?,39-,40+,42?. The molecule has 3 aromatic heterocycles. The number of carbonyl (C=O) groups excluding carboxylic acids is 1. The molecule has 298 valence electrons. The van der Waals surface area contributed by atoms with E-state index in [-0.39, 0.29) is 34.1 Å². The van der Waals surface area contributed by atoms with Gasteiger partial charge in [-0.15, -0.1) is 11.3 Å². The number of hydrogen-bond donors (Lipinski definition) is 1. The van der Waals surface area contributed by atoms with Crippen LogP contribution in [0.2, 0.25) is 0 Å². The fraction of sp³-hybridized carbons (Fsp3) is 0.619. The van der Waals surface area contributed by atoms with E-state index in [0.29, 0.717) is 71.4 Å². The highest BCUT2D eigenvalue weighted by Gasteiger charge is 2.67. The summed E-state index contributed by atoms with van der Waals surface area (Å²) in [5.41, 5.74) is -5.20. The number of nitrogens with zero attached hydrogens (tertiary/aromatic N) is 3. The van der Waals surface area contributed by atoms with E-state index in [1.165, 1.54) is 42.2 Å². The highest BCUT2D eigenvalue weighted by atomic mass is 32.1. The van der Waals surface area contributed by atoms with Crippen LogP contribution in [0.3, 0.4) is 0 Å². The Bertz CT molecular complexity index is 2230. The fourth-order valence-electron chi connectivity index (χ4n) is 9.44. The number of methoxy groups -OCH3 is 1. The average molecular weight is 778 g/mol. The Hall–Kier alpha value is -3.78. The molecule has 2 saturated carbocycles. The van der Waals surface area contributed by atoms with Crippen molar-refractivity contribution in [1.82, 2.24) is 14.1 Å². The number of para-hydroxylation sites is 1. The van der Waals surface area contributed by atoms with Gasteiger partial charge in [0.25, 0.3) is 5.56 Å². The number of benzene rings is 1. The maximum Gasteiger partial charge on any atom is 0.333 e. The van der Waals surface area contributed by atoms with Crippen molar-refractivity contribution in [2.75, 3.05) is 20.3 Å². The summed E-state index contributed by atoms with van der Waals surface area (Å²) in [6.45, 7) is 19.8. The topological polar surface area (TPSA) is 144 Å². The van der Waals surface area contributed by atoms with Crippen molar-refractivity contribution in [3.8, 4) is 16.5 Å². The minimum atomic E-state index is -1.72. The number of aliphatic hydroxyl groups is 1. The summed E-state index contributed by atoms with van der Waals surface area (Å²) in [6, 6.07) is 7.34. The zero-order valence-electron chi connectivity index (χ0n) is 34.0. The zero-order chi connectivity index (χ0) is 40.1. The number of rotatable bonds is 8. The maximum atomic E-state index is 15.1. The molecule has 4 aromatic rings. The van der Waals surface area contributed by atoms with Crippen molar-refractivity contribution < 1.29 is 33.3 Å². The van der Waals surface area contributed by atoms with E-state index < -0.39 is 39.7 Å². The van der Waals surface area contributed by atoms with E-state index >= 15 is 4.79 Å². The first-order chi connectivity index (χ1) is 25.5. The Morgan fingerprint density at radius 2 is 1.64 bits per heavy atom. The van der Waals surface area contributed by atoms with Crippen LogP contribution in [0.25, 0.3) is 21.0 Å². The molecule has 1 aromatic carbocycles. The number of aryl methyl sites for hydroxylation is 1. The van der Waals surface area contributed by atoms with Gasteiger partial charge in [0.1, 0.15) is 33.6 Å². The molecule has 13 heteroatoms. The van der Waals surface area contributed by atoms with Gasteiger partial charge in [-0.3, -0.25) is 9.36 Å². The molecule has 1 saturated heterocycles. The molecule has 12 nitrogen and oxygen atoms in total. The molecule has 0 bridgehead atoms. The molecular weight excluding hydrogens is 723 g/mol. The van der Waals surface area contributed by atoms with Crippen LogP contribution in [-0.2, 0) is 36.7 Å². The molecular formula is C42H55N3O9S. The van der Waals surface area contributed by atoms with Gasteiger partial charge in [0, 0.05) is 23.8 Å². The largest absolute Gasteiger partial charge is 0.496 e. The van der Waals surface area contributed by atoms with Gasteiger partial charge in [-0.05, 0) is 82.8 Å². The smallest absolute Gasteiger partial charge is 0.333 e. The van der Waals surface area contributed by atoms with Gasteiger partial charge >= 0.3 is 11.7 Å². The first-order valence-electron chi connectivity index (χ1n) is 19.1. The average Bonchev–Trinajstić information content (AvgIpc) is 3.84. The molecule has 4 atom stereocenters.